The molecule has 0 amide bonds. The molecule has 0 atom stereocenters. The van der Waals surface area contributed by atoms with E-state index in [1.165, 1.54) is 44.6 Å². The van der Waals surface area contributed by atoms with E-state index in [9.17, 15) is 18.4 Å². The molecule has 3 aromatic rings. The van der Waals surface area contributed by atoms with Gasteiger partial charge in [-0.2, -0.15) is 0 Å². The summed E-state index contributed by atoms with van der Waals surface area (Å²) in [6, 6.07) is 7.21. The number of esters is 1. The van der Waals surface area contributed by atoms with Crippen molar-refractivity contribution in [3.63, 3.8) is 0 Å². The lowest BCUT2D eigenvalue weighted by atomic mass is 10.0. The summed E-state index contributed by atoms with van der Waals surface area (Å²) in [5, 5.41) is 2.79. The van der Waals surface area contributed by atoms with Crippen LogP contribution in [0.2, 0.25) is 0 Å². The number of pyridine rings is 2. The van der Waals surface area contributed by atoms with Crippen molar-refractivity contribution < 1.29 is 18.3 Å². The first-order chi connectivity index (χ1) is 14.2. The minimum atomic E-state index is -0.739. The fraction of sp³-hybridized carbons (Fsp3) is 0.190. The molecule has 0 aliphatic heterocycles. The van der Waals surface area contributed by atoms with E-state index in [0.717, 1.165) is 4.57 Å². The van der Waals surface area contributed by atoms with Gasteiger partial charge in [-0.1, -0.05) is 6.07 Å². The summed E-state index contributed by atoms with van der Waals surface area (Å²) in [4.78, 5) is 28.9. The topological polar surface area (TPSA) is 99.2 Å². The van der Waals surface area contributed by atoms with E-state index in [-0.39, 0.29) is 40.4 Å². The normalized spacial score (nSPS) is 10.7. The molecule has 0 fully saturated rings. The number of carbonyl (C=O) groups is 1. The zero-order chi connectivity index (χ0) is 22.0. The van der Waals surface area contributed by atoms with E-state index >= 15 is 0 Å². The third-order valence-electron chi connectivity index (χ3n) is 4.65. The van der Waals surface area contributed by atoms with Gasteiger partial charge < -0.3 is 15.8 Å². The molecule has 0 aliphatic rings. The number of carbonyl (C=O) groups excluding carboxylic acids is 1. The van der Waals surface area contributed by atoms with E-state index < -0.39 is 23.2 Å². The van der Waals surface area contributed by atoms with Gasteiger partial charge in [0.15, 0.2) is 11.6 Å². The Morgan fingerprint density at radius 2 is 1.97 bits per heavy atom. The van der Waals surface area contributed by atoms with Gasteiger partial charge >= 0.3 is 5.97 Å². The molecule has 156 valence electrons. The molecule has 2 aromatic heterocycles. The average Bonchev–Trinajstić information content (AvgIpc) is 2.71. The first-order valence-electron chi connectivity index (χ1n) is 8.96. The van der Waals surface area contributed by atoms with Crippen LogP contribution in [-0.4, -0.2) is 22.6 Å². The second kappa shape index (κ2) is 8.32. The molecule has 0 spiro atoms. The number of nitrogens with two attached hydrogens (primary N) is 1. The third-order valence-corrected chi connectivity index (χ3v) is 4.65. The van der Waals surface area contributed by atoms with Crippen molar-refractivity contribution >= 4 is 23.3 Å². The van der Waals surface area contributed by atoms with Crippen LogP contribution in [0.4, 0.5) is 26.1 Å². The summed E-state index contributed by atoms with van der Waals surface area (Å²) in [6.07, 6.45) is 1.21. The van der Waals surface area contributed by atoms with Gasteiger partial charge in [0.25, 0.3) is 5.56 Å². The number of aromatic nitrogens is 2. The van der Waals surface area contributed by atoms with E-state index in [2.05, 4.69) is 10.3 Å². The maximum atomic E-state index is 14.3. The summed E-state index contributed by atoms with van der Waals surface area (Å²) in [5.74, 6) is -2.25. The van der Waals surface area contributed by atoms with E-state index in [0.29, 0.717) is 5.56 Å². The maximum Gasteiger partial charge on any atom is 0.341 e. The zero-order valence-corrected chi connectivity index (χ0v) is 16.6. The molecule has 0 saturated heterocycles. The fourth-order valence-electron chi connectivity index (χ4n) is 3.04. The number of anilines is 3. The number of nitrogen functional groups attached to an aromatic ring is 1. The van der Waals surface area contributed by atoms with Crippen molar-refractivity contribution in [1.29, 1.82) is 0 Å². The van der Waals surface area contributed by atoms with Crippen LogP contribution >= 0.6 is 0 Å². The second-order valence-electron chi connectivity index (χ2n) is 6.74. The first-order valence-corrected chi connectivity index (χ1v) is 8.96. The molecule has 30 heavy (non-hydrogen) atoms. The number of hydrogen-bond donors (Lipinski definition) is 2. The highest BCUT2D eigenvalue weighted by Gasteiger charge is 2.21. The Morgan fingerprint density at radius 1 is 1.23 bits per heavy atom. The molecule has 7 nitrogen and oxygen atoms in total. The number of nitrogens with one attached hydrogen (secondary N) is 1. The molecule has 2 heterocycles. The second-order valence-corrected chi connectivity index (χ2v) is 6.74. The fourth-order valence-corrected chi connectivity index (χ4v) is 3.04. The molecule has 0 bridgehead atoms. The van der Waals surface area contributed by atoms with Gasteiger partial charge in [-0.3, -0.25) is 9.36 Å². The molecule has 0 aliphatic carbocycles. The predicted octanol–water partition coefficient (Wildman–Crippen LogP) is 3.07. The van der Waals surface area contributed by atoms with Crippen LogP contribution < -0.4 is 16.6 Å². The number of methoxy groups -OCH3 is 1. The van der Waals surface area contributed by atoms with Crippen LogP contribution in [0, 0.1) is 18.6 Å². The number of halogens is 2. The maximum absolute atomic E-state index is 14.3. The van der Waals surface area contributed by atoms with Gasteiger partial charge in [-0.05, 0) is 42.3 Å². The van der Waals surface area contributed by atoms with E-state index in [1.54, 1.807) is 13.0 Å². The molecule has 3 rings (SSSR count). The first kappa shape index (κ1) is 21.0. The number of aryl methyl sites for hydroxylation is 1. The van der Waals surface area contributed by atoms with Crippen LogP contribution in [0.5, 0.6) is 0 Å². The van der Waals surface area contributed by atoms with Crippen molar-refractivity contribution in [2.24, 2.45) is 7.05 Å². The van der Waals surface area contributed by atoms with Crippen molar-refractivity contribution in [3.05, 3.63) is 80.8 Å². The standard InChI is InChI=1S/C21H20F2N4O3/c1-11-4-5-16(15(22)8-11)26-19-14(21(29)30-3)10-13(20(28)27(19)2)9-12-6-7-25-18(24)17(12)23/h4-8,10,26H,9H2,1-3H3,(H2,24,25). The van der Waals surface area contributed by atoms with Gasteiger partial charge in [-0.15, -0.1) is 0 Å². The molecule has 0 saturated carbocycles. The Labute approximate surface area is 171 Å². The molecule has 3 N–H and O–H groups in total. The van der Waals surface area contributed by atoms with Crippen molar-refractivity contribution in [1.82, 2.24) is 9.55 Å². The van der Waals surface area contributed by atoms with Gasteiger partial charge in [0.05, 0.1) is 12.8 Å². The van der Waals surface area contributed by atoms with Gasteiger partial charge in [0.2, 0.25) is 0 Å². The number of rotatable bonds is 5. The van der Waals surface area contributed by atoms with Crippen LogP contribution in [0.3, 0.4) is 0 Å². The smallest absolute Gasteiger partial charge is 0.341 e. The lowest BCUT2D eigenvalue weighted by molar-refractivity contribution is 0.0601. The number of benzene rings is 1. The molecule has 0 radical (unpaired) electrons. The molecular formula is C21H20F2N4O3. The molecular weight excluding hydrogens is 394 g/mol. The van der Waals surface area contributed by atoms with Crippen LogP contribution in [0.1, 0.15) is 27.0 Å². The van der Waals surface area contributed by atoms with Gasteiger partial charge in [0, 0.05) is 25.2 Å². The largest absolute Gasteiger partial charge is 0.465 e. The Hall–Kier alpha value is -3.75. The Bertz CT molecular complexity index is 1190. The molecule has 1 aromatic carbocycles. The summed E-state index contributed by atoms with van der Waals surface area (Å²) in [7, 11) is 2.61. The summed E-state index contributed by atoms with van der Waals surface area (Å²) in [6.45, 7) is 1.74. The van der Waals surface area contributed by atoms with Crippen molar-refractivity contribution in [2.45, 2.75) is 13.3 Å². The highest BCUT2D eigenvalue weighted by Crippen LogP contribution is 2.25. The predicted molar refractivity (Wildman–Crippen MR) is 109 cm³/mol. The Balaban J connectivity index is 2.12. The van der Waals surface area contributed by atoms with Crippen LogP contribution in [0.25, 0.3) is 0 Å². The Kier molecular flexibility index (Phi) is 5.81. The SMILES string of the molecule is COC(=O)c1cc(Cc2ccnc(N)c2F)c(=O)n(C)c1Nc1ccc(C)cc1F. The quantitative estimate of drug-likeness (QED) is 0.623. The lowest BCUT2D eigenvalue weighted by Crippen LogP contribution is -2.27. The monoisotopic (exact) mass is 414 g/mol. The number of nitrogens with zero attached hydrogens (tertiary/aromatic N) is 2. The number of hydrogen-bond acceptors (Lipinski definition) is 6. The number of ether oxygens (including phenoxy) is 1. The zero-order valence-electron chi connectivity index (χ0n) is 16.6. The minimum absolute atomic E-state index is 0.00277. The Morgan fingerprint density at radius 3 is 2.63 bits per heavy atom. The van der Waals surface area contributed by atoms with Crippen molar-refractivity contribution in [3.8, 4) is 0 Å². The summed E-state index contributed by atoms with van der Waals surface area (Å²) < 4.78 is 34.5. The summed E-state index contributed by atoms with van der Waals surface area (Å²) in [5.41, 5.74) is 6.08. The highest BCUT2D eigenvalue weighted by atomic mass is 19.1. The van der Waals surface area contributed by atoms with Gasteiger partial charge in [-0.25, -0.2) is 18.6 Å². The highest BCUT2D eigenvalue weighted by molar-refractivity contribution is 5.95. The van der Waals surface area contributed by atoms with E-state index in [4.69, 9.17) is 10.5 Å². The average molecular weight is 414 g/mol. The molecule has 9 heteroatoms. The molecule has 0 unspecified atom stereocenters. The van der Waals surface area contributed by atoms with Crippen LogP contribution in [0.15, 0.2) is 41.3 Å². The van der Waals surface area contributed by atoms with Crippen LogP contribution in [-0.2, 0) is 18.2 Å². The van der Waals surface area contributed by atoms with Gasteiger partial charge in [0.1, 0.15) is 17.2 Å². The minimum Gasteiger partial charge on any atom is -0.465 e. The summed E-state index contributed by atoms with van der Waals surface area (Å²) >= 11 is 0. The van der Waals surface area contributed by atoms with Crippen molar-refractivity contribution in [2.75, 3.05) is 18.2 Å². The lowest BCUT2D eigenvalue weighted by Gasteiger charge is -2.17. The van der Waals surface area contributed by atoms with E-state index in [1.807, 2.05) is 0 Å². The third kappa shape index (κ3) is 4.00.